The average molecular weight is 808 g/mol. The molecule has 0 aliphatic rings. The summed E-state index contributed by atoms with van der Waals surface area (Å²) in [6.45, 7) is 4.46. The molecule has 0 N–H and O–H groups in total. The van der Waals surface area contributed by atoms with Crippen LogP contribution in [-0.4, -0.2) is 15.0 Å². The highest BCUT2D eigenvalue weighted by Crippen LogP contribution is 2.40. The molecule has 0 fully saturated rings. The monoisotopic (exact) mass is 807 g/mol. The van der Waals surface area contributed by atoms with Crippen LogP contribution in [0.4, 0.5) is 0 Å². The second-order valence-corrected chi connectivity index (χ2v) is 15.9. The molecule has 0 aliphatic heterocycles. The summed E-state index contributed by atoms with van der Waals surface area (Å²) in [5.74, 6) is 0.689. The number of hydrogen-bond acceptors (Lipinski definition) is 3. The quantitative estimate of drug-likeness (QED) is 0.138. The summed E-state index contributed by atoms with van der Waals surface area (Å²) in [6.07, 6.45) is 4.63. The molecule has 0 unspecified atom stereocenters. The molecule has 0 amide bonds. The third-order valence-electron chi connectivity index (χ3n) is 12.0. The van der Waals surface area contributed by atoms with E-state index in [0.717, 1.165) is 62.3 Å². The predicted octanol–water partition coefficient (Wildman–Crippen LogP) is 15.7. The molecular formula is C60H45N3. The van der Waals surface area contributed by atoms with Gasteiger partial charge in [0.1, 0.15) is 0 Å². The molecule has 0 saturated carbocycles. The van der Waals surface area contributed by atoms with Crippen LogP contribution in [-0.2, 0) is 6.42 Å². The number of nitrogens with zero attached hydrogens (tertiary/aromatic N) is 3. The minimum absolute atomic E-state index is 0.689. The second kappa shape index (κ2) is 17.5. The number of rotatable bonds is 10. The first-order valence-corrected chi connectivity index (χ1v) is 21.6. The molecule has 10 rings (SSSR count). The summed E-state index contributed by atoms with van der Waals surface area (Å²) >= 11 is 0. The number of hydrogen-bond donors (Lipinski definition) is 0. The largest absolute Gasteiger partial charge is 0.264 e. The molecule has 3 nitrogen and oxygen atoms in total. The Balaban J connectivity index is 0.997. The molecule has 10 aromatic rings. The molecule has 0 radical (unpaired) electrons. The Labute approximate surface area is 370 Å². The van der Waals surface area contributed by atoms with Crippen molar-refractivity contribution < 1.29 is 0 Å². The van der Waals surface area contributed by atoms with Gasteiger partial charge in [-0.3, -0.25) is 4.98 Å². The smallest absolute Gasteiger partial charge is 0.160 e. The Morgan fingerprint density at radius 2 is 0.825 bits per heavy atom. The molecule has 8 aromatic carbocycles. The summed E-state index contributed by atoms with van der Waals surface area (Å²) < 4.78 is 0. The van der Waals surface area contributed by atoms with E-state index in [1.807, 2.05) is 18.3 Å². The first-order chi connectivity index (χ1) is 31.1. The molecular weight excluding hydrogens is 763 g/mol. The maximum Gasteiger partial charge on any atom is 0.160 e. The molecule has 0 spiro atoms. The van der Waals surface area contributed by atoms with Crippen molar-refractivity contribution in [3.63, 3.8) is 0 Å². The molecule has 300 valence electrons. The van der Waals surface area contributed by atoms with Gasteiger partial charge in [-0.15, -0.1) is 0 Å². The van der Waals surface area contributed by atoms with Gasteiger partial charge in [0.15, 0.2) is 5.82 Å². The summed E-state index contributed by atoms with van der Waals surface area (Å²) in [6, 6.07) is 75.7. The number of aryl methyl sites for hydroxylation is 1. The average Bonchev–Trinajstić information content (AvgIpc) is 3.37. The van der Waals surface area contributed by atoms with E-state index in [2.05, 4.69) is 219 Å². The molecule has 2 heterocycles. The zero-order valence-corrected chi connectivity index (χ0v) is 35.4. The second-order valence-electron chi connectivity index (χ2n) is 15.9. The van der Waals surface area contributed by atoms with E-state index >= 15 is 0 Å². The number of pyridine rings is 1. The van der Waals surface area contributed by atoms with E-state index < -0.39 is 0 Å². The van der Waals surface area contributed by atoms with E-state index in [1.54, 1.807) is 6.20 Å². The van der Waals surface area contributed by atoms with Crippen molar-refractivity contribution in [2.45, 2.75) is 20.3 Å². The van der Waals surface area contributed by atoms with E-state index in [0.29, 0.717) is 5.82 Å². The van der Waals surface area contributed by atoms with Crippen LogP contribution in [0.1, 0.15) is 18.1 Å². The van der Waals surface area contributed by atoms with Crippen molar-refractivity contribution in [3.05, 3.63) is 236 Å². The van der Waals surface area contributed by atoms with Crippen LogP contribution in [0.5, 0.6) is 0 Å². The minimum atomic E-state index is 0.689. The van der Waals surface area contributed by atoms with E-state index in [-0.39, 0.29) is 0 Å². The van der Waals surface area contributed by atoms with E-state index in [4.69, 9.17) is 9.97 Å². The lowest BCUT2D eigenvalue weighted by molar-refractivity contribution is 1.14. The summed E-state index contributed by atoms with van der Waals surface area (Å²) in [7, 11) is 0. The minimum Gasteiger partial charge on any atom is -0.264 e. The predicted molar refractivity (Wildman–Crippen MR) is 263 cm³/mol. The zero-order valence-electron chi connectivity index (χ0n) is 35.4. The van der Waals surface area contributed by atoms with Crippen molar-refractivity contribution >= 4 is 0 Å². The lowest BCUT2D eigenvalue weighted by Crippen LogP contribution is -1.96. The van der Waals surface area contributed by atoms with Crippen molar-refractivity contribution in [1.82, 2.24) is 15.0 Å². The van der Waals surface area contributed by atoms with Crippen LogP contribution in [0.3, 0.4) is 0 Å². The molecule has 0 saturated heterocycles. The highest BCUT2D eigenvalue weighted by molar-refractivity contribution is 5.90. The molecule has 0 atom stereocenters. The van der Waals surface area contributed by atoms with Gasteiger partial charge in [-0.25, -0.2) is 9.97 Å². The van der Waals surface area contributed by atoms with Crippen LogP contribution in [0, 0.1) is 6.92 Å². The van der Waals surface area contributed by atoms with Crippen molar-refractivity contribution in [2.24, 2.45) is 0 Å². The van der Waals surface area contributed by atoms with Gasteiger partial charge in [0.05, 0.1) is 11.4 Å². The first kappa shape index (κ1) is 39.1. The maximum atomic E-state index is 5.19. The van der Waals surface area contributed by atoms with Gasteiger partial charge in [0.2, 0.25) is 0 Å². The van der Waals surface area contributed by atoms with Crippen molar-refractivity contribution in [2.75, 3.05) is 0 Å². The molecule has 2 aromatic heterocycles. The van der Waals surface area contributed by atoms with Crippen LogP contribution in [0.25, 0.3) is 101 Å². The van der Waals surface area contributed by atoms with Gasteiger partial charge < -0.3 is 0 Å². The van der Waals surface area contributed by atoms with Gasteiger partial charge in [0.25, 0.3) is 0 Å². The third-order valence-corrected chi connectivity index (χ3v) is 12.0. The van der Waals surface area contributed by atoms with Crippen molar-refractivity contribution in [3.8, 4) is 101 Å². The topological polar surface area (TPSA) is 38.7 Å². The van der Waals surface area contributed by atoms with Crippen LogP contribution >= 0.6 is 0 Å². The lowest BCUT2D eigenvalue weighted by Gasteiger charge is -2.18. The molecule has 0 bridgehead atoms. The first-order valence-electron chi connectivity index (χ1n) is 21.6. The third kappa shape index (κ3) is 8.13. The molecule has 3 heteroatoms. The van der Waals surface area contributed by atoms with Crippen LogP contribution in [0.2, 0.25) is 0 Å². The Morgan fingerprint density at radius 1 is 0.333 bits per heavy atom. The fourth-order valence-corrected chi connectivity index (χ4v) is 8.69. The maximum absolute atomic E-state index is 5.19. The summed E-state index contributed by atoms with van der Waals surface area (Å²) in [5, 5.41) is 0. The fourth-order valence-electron chi connectivity index (χ4n) is 8.69. The van der Waals surface area contributed by atoms with Gasteiger partial charge >= 0.3 is 0 Å². The van der Waals surface area contributed by atoms with Crippen LogP contribution < -0.4 is 0 Å². The fraction of sp³-hybridized carbons (Fsp3) is 0.0500. The summed E-state index contributed by atoms with van der Waals surface area (Å²) in [5.41, 5.74) is 21.8. The highest BCUT2D eigenvalue weighted by atomic mass is 14.9. The van der Waals surface area contributed by atoms with E-state index in [9.17, 15) is 0 Å². The lowest BCUT2D eigenvalue weighted by atomic mass is 9.86. The Kier molecular flexibility index (Phi) is 10.9. The molecule has 0 aliphatic carbocycles. The SMILES string of the molecule is CCc1c(-c2ccc(-c3ccc(-c4cc(-c5ccccc5)nc(-c5ccc(-c6ccc(-c7cccnc7)cc6)cc5)n4)cc3)c(-c3ccccc3)c2)cccc1-c1ccccc1C. The number of benzene rings is 8. The van der Waals surface area contributed by atoms with Crippen molar-refractivity contribution in [1.29, 1.82) is 0 Å². The van der Waals surface area contributed by atoms with Crippen LogP contribution in [0.15, 0.2) is 225 Å². The van der Waals surface area contributed by atoms with Gasteiger partial charge in [0, 0.05) is 29.1 Å². The normalized spacial score (nSPS) is 11.1. The summed E-state index contributed by atoms with van der Waals surface area (Å²) in [4.78, 5) is 14.6. The van der Waals surface area contributed by atoms with E-state index in [1.165, 1.54) is 50.1 Å². The Hall–Kier alpha value is -8.01. The van der Waals surface area contributed by atoms with Gasteiger partial charge in [-0.2, -0.15) is 0 Å². The number of aromatic nitrogens is 3. The Bertz CT molecular complexity index is 3160. The highest BCUT2D eigenvalue weighted by Gasteiger charge is 2.17. The standard InChI is InChI=1S/C60H45N3/c1-3-52-54(21-12-22-56(52)53-20-11-10-14-41(53)2)50-35-36-55(57(38-50)45-15-6-4-7-16-45)46-29-31-48(32-30-46)59-39-58(47-17-8-5-9-18-47)62-60(63-59)49-33-27-43(28-34-49)42-23-25-44(26-24-42)51-19-13-37-61-40-51/h4-40H,3H2,1-2H3. The van der Waals surface area contributed by atoms with Gasteiger partial charge in [-0.1, -0.05) is 201 Å². The zero-order chi connectivity index (χ0) is 42.5. The van der Waals surface area contributed by atoms with Gasteiger partial charge in [-0.05, 0) is 109 Å². The Morgan fingerprint density at radius 3 is 1.46 bits per heavy atom. The molecule has 63 heavy (non-hydrogen) atoms.